The van der Waals surface area contributed by atoms with Crippen molar-refractivity contribution < 1.29 is 14.0 Å². The molecule has 1 fully saturated rings. The molecule has 2 aromatic rings. The Morgan fingerprint density at radius 2 is 1.90 bits per heavy atom. The van der Waals surface area contributed by atoms with Crippen molar-refractivity contribution in [3.63, 3.8) is 0 Å². The Kier molecular flexibility index (Phi) is 6.68. The maximum atomic E-state index is 13.3. The molecule has 1 heterocycles. The van der Waals surface area contributed by atoms with Crippen LogP contribution in [0.4, 0.5) is 10.1 Å². The number of amides is 2. The topological polar surface area (TPSA) is 73.2 Å². The standard InChI is InChI=1S/C22H20FN3O2S/c1-2-19-21(28)26(17-10-8-16(23)9-11-17)22(29-19)18(14-24)20(27)25-13-12-15-6-4-3-5-7-15/h3-11,19H,2,12-13H2,1H3,(H,25,27)/b22-18-/t19-/m1/s1. The van der Waals surface area contributed by atoms with Crippen LogP contribution in [0, 0.1) is 17.1 Å². The highest BCUT2D eigenvalue weighted by Crippen LogP contribution is 2.41. The Hall–Kier alpha value is -3.11. The zero-order valence-corrected chi connectivity index (χ0v) is 16.7. The van der Waals surface area contributed by atoms with Gasteiger partial charge in [-0.05, 0) is 42.7 Å². The van der Waals surface area contributed by atoms with Gasteiger partial charge in [-0.3, -0.25) is 14.5 Å². The molecule has 1 aliphatic rings. The summed E-state index contributed by atoms with van der Waals surface area (Å²) in [5, 5.41) is 12.3. The van der Waals surface area contributed by atoms with E-state index in [0.717, 1.165) is 5.56 Å². The number of thioether (sulfide) groups is 1. The van der Waals surface area contributed by atoms with E-state index in [2.05, 4.69) is 5.32 Å². The van der Waals surface area contributed by atoms with Gasteiger partial charge >= 0.3 is 0 Å². The zero-order chi connectivity index (χ0) is 20.8. The molecule has 7 heteroatoms. The van der Waals surface area contributed by atoms with Crippen LogP contribution >= 0.6 is 11.8 Å². The van der Waals surface area contributed by atoms with Crippen LogP contribution in [-0.2, 0) is 16.0 Å². The molecule has 0 radical (unpaired) electrons. The molecule has 1 aliphatic heterocycles. The molecule has 0 aliphatic carbocycles. The third kappa shape index (κ3) is 4.66. The SMILES string of the molecule is CC[C@H]1S/C(=C(/C#N)C(=O)NCCc2ccccc2)N(c2ccc(F)cc2)C1=O. The molecular weight excluding hydrogens is 389 g/mol. The first-order valence-corrected chi connectivity index (χ1v) is 10.2. The predicted octanol–water partition coefficient (Wildman–Crippen LogP) is 3.78. The number of hydrogen-bond donors (Lipinski definition) is 1. The number of hydrogen-bond acceptors (Lipinski definition) is 4. The highest BCUT2D eigenvalue weighted by Gasteiger charge is 2.39. The summed E-state index contributed by atoms with van der Waals surface area (Å²) in [7, 11) is 0. The first-order chi connectivity index (χ1) is 14.0. The van der Waals surface area contributed by atoms with Gasteiger partial charge in [-0.1, -0.05) is 49.0 Å². The van der Waals surface area contributed by atoms with Crippen molar-refractivity contribution in [1.82, 2.24) is 5.32 Å². The summed E-state index contributed by atoms with van der Waals surface area (Å²) in [6.45, 7) is 2.24. The number of carbonyl (C=O) groups excluding carboxylic acids is 2. The molecular formula is C22H20FN3O2S. The summed E-state index contributed by atoms with van der Waals surface area (Å²) >= 11 is 1.20. The van der Waals surface area contributed by atoms with Crippen molar-refractivity contribution in [2.45, 2.75) is 25.0 Å². The van der Waals surface area contributed by atoms with Gasteiger partial charge in [0, 0.05) is 12.2 Å². The number of nitriles is 1. The van der Waals surface area contributed by atoms with Gasteiger partial charge in [0.05, 0.1) is 5.25 Å². The summed E-state index contributed by atoms with van der Waals surface area (Å²) in [5.74, 6) is -1.17. The fourth-order valence-corrected chi connectivity index (χ4v) is 4.19. The lowest BCUT2D eigenvalue weighted by atomic mass is 10.1. The van der Waals surface area contributed by atoms with Crippen LogP contribution in [0.15, 0.2) is 65.2 Å². The van der Waals surface area contributed by atoms with E-state index in [-0.39, 0.29) is 16.5 Å². The maximum Gasteiger partial charge on any atom is 0.264 e. The highest BCUT2D eigenvalue weighted by atomic mass is 32.2. The van der Waals surface area contributed by atoms with Crippen LogP contribution in [0.25, 0.3) is 0 Å². The second kappa shape index (κ2) is 9.39. The van der Waals surface area contributed by atoms with Crippen LogP contribution in [0.3, 0.4) is 0 Å². The van der Waals surface area contributed by atoms with Crippen LogP contribution in [0.1, 0.15) is 18.9 Å². The Morgan fingerprint density at radius 3 is 2.52 bits per heavy atom. The second-order valence-corrected chi connectivity index (χ2v) is 7.64. The number of nitrogens with one attached hydrogen (secondary N) is 1. The van der Waals surface area contributed by atoms with E-state index >= 15 is 0 Å². The maximum absolute atomic E-state index is 13.3. The van der Waals surface area contributed by atoms with Gasteiger partial charge in [0.15, 0.2) is 0 Å². The number of carbonyl (C=O) groups is 2. The molecule has 2 aromatic carbocycles. The normalized spacial score (nSPS) is 17.8. The quantitative estimate of drug-likeness (QED) is 0.582. The average Bonchev–Trinajstić information content (AvgIpc) is 3.06. The molecule has 0 spiro atoms. The lowest BCUT2D eigenvalue weighted by Crippen LogP contribution is -2.32. The minimum Gasteiger partial charge on any atom is -0.351 e. The van der Waals surface area contributed by atoms with E-state index in [4.69, 9.17) is 0 Å². The van der Waals surface area contributed by atoms with Crippen molar-refractivity contribution in [1.29, 1.82) is 5.26 Å². The van der Waals surface area contributed by atoms with Gasteiger partial charge in [0.25, 0.3) is 5.91 Å². The Bertz CT molecular complexity index is 968. The monoisotopic (exact) mass is 409 g/mol. The number of anilines is 1. The number of halogens is 1. The molecule has 0 aromatic heterocycles. The van der Waals surface area contributed by atoms with E-state index in [9.17, 15) is 19.2 Å². The molecule has 0 bridgehead atoms. The smallest absolute Gasteiger partial charge is 0.264 e. The van der Waals surface area contributed by atoms with Gasteiger partial charge in [0.2, 0.25) is 5.91 Å². The highest BCUT2D eigenvalue weighted by molar-refractivity contribution is 8.05. The molecule has 148 valence electrons. The fourth-order valence-electron chi connectivity index (χ4n) is 2.99. The summed E-state index contributed by atoms with van der Waals surface area (Å²) in [6, 6.07) is 17.1. The molecule has 5 nitrogen and oxygen atoms in total. The Labute approximate surface area is 173 Å². The average molecular weight is 409 g/mol. The summed E-state index contributed by atoms with van der Waals surface area (Å²) in [6.07, 6.45) is 1.19. The molecule has 3 rings (SSSR count). The molecule has 0 saturated carbocycles. The number of rotatable bonds is 6. The van der Waals surface area contributed by atoms with E-state index in [1.165, 1.54) is 40.9 Å². The zero-order valence-electron chi connectivity index (χ0n) is 15.9. The number of nitrogens with zero attached hydrogens (tertiary/aromatic N) is 2. The van der Waals surface area contributed by atoms with E-state index in [0.29, 0.717) is 25.1 Å². The third-order valence-electron chi connectivity index (χ3n) is 4.50. The van der Waals surface area contributed by atoms with E-state index in [1.807, 2.05) is 43.3 Å². The van der Waals surface area contributed by atoms with Gasteiger partial charge in [-0.25, -0.2) is 4.39 Å². The summed E-state index contributed by atoms with van der Waals surface area (Å²) in [5.41, 5.74) is 1.39. The molecule has 1 atom stereocenters. The van der Waals surface area contributed by atoms with Crippen LogP contribution < -0.4 is 10.2 Å². The van der Waals surface area contributed by atoms with E-state index in [1.54, 1.807) is 0 Å². The largest absolute Gasteiger partial charge is 0.351 e. The Balaban J connectivity index is 1.84. The lowest BCUT2D eigenvalue weighted by Gasteiger charge is -2.18. The minimum atomic E-state index is -0.525. The first kappa shape index (κ1) is 20.6. The fraction of sp³-hybridized carbons (Fsp3) is 0.227. The molecule has 2 amide bonds. The van der Waals surface area contributed by atoms with Crippen LogP contribution in [0.5, 0.6) is 0 Å². The molecule has 29 heavy (non-hydrogen) atoms. The molecule has 1 N–H and O–H groups in total. The third-order valence-corrected chi connectivity index (χ3v) is 5.93. The van der Waals surface area contributed by atoms with Gasteiger partial charge < -0.3 is 5.32 Å². The second-order valence-electron chi connectivity index (χ2n) is 6.45. The van der Waals surface area contributed by atoms with Crippen molar-refractivity contribution in [3.05, 3.63) is 76.6 Å². The predicted molar refractivity (Wildman–Crippen MR) is 111 cm³/mol. The molecule has 1 saturated heterocycles. The van der Waals surface area contributed by atoms with Gasteiger partial charge in [0.1, 0.15) is 22.5 Å². The lowest BCUT2D eigenvalue weighted by molar-refractivity contribution is -0.117. The van der Waals surface area contributed by atoms with Crippen molar-refractivity contribution >= 4 is 29.3 Å². The van der Waals surface area contributed by atoms with Gasteiger partial charge in [-0.2, -0.15) is 5.26 Å². The summed E-state index contributed by atoms with van der Waals surface area (Å²) in [4.78, 5) is 26.8. The van der Waals surface area contributed by atoms with Crippen molar-refractivity contribution in [2.24, 2.45) is 0 Å². The first-order valence-electron chi connectivity index (χ1n) is 9.27. The van der Waals surface area contributed by atoms with Crippen LogP contribution in [0.2, 0.25) is 0 Å². The van der Waals surface area contributed by atoms with E-state index < -0.39 is 17.0 Å². The number of benzene rings is 2. The van der Waals surface area contributed by atoms with Crippen molar-refractivity contribution in [2.75, 3.05) is 11.4 Å². The Morgan fingerprint density at radius 1 is 1.21 bits per heavy atom. The van der Waals surface area contributed by atoms with Crippen LogP contribution in [-0.4, -0.2) is 23.6 Å². The summed E-state index contributed by atoms with van der Waals surface area (Å²) < 4.78 is 13.3. The van der Waals surface area contributed by atoms with Gasteiger partial charge in [-0.15, -0.1) is 0 Å². The molecule has 0 unspecified atom stereocenters. The van der Waals surface area contributed by atoms with Crippen molar-refractivity contribution in [3.8, 4) is 6.07 Å². The minimum absolute atomic E-state index is 0.114.